The second kappa shape index (κ2) is 7.63. The zero-order valence-corrected chi connectivity index (χ0v) is 15.1. The van der Waals surface area contributed by atoms with Gasteiger partial charge in [0.25, 0.3) is 5.56 Å². The molecule has 0 fully saturated rings. The van der Waals surface area contributed by atoms with Crippen molar-refractivity contribution in [3.05, 3.63) is 69.1 Å². The fourth-order valence-electron chi connectivity index (χ4n) is 3.09. The van der Waals surface area contributed by atoms with Crippen molar-refractivity contribution in [2.24, 2.45) is 0 Å². The lowest BCUT2D eigenvalue weighted by atomic mass is 10.2. The topological polar surface area (TPSA) is 101 Å². The summed E-state index contributed by atoms with van der Waals surface area (Å²) in [5, 5.41) is 4.34. The summed E-state index contributed by atoms with van der Waals surface area (Å²) in [5.41, 5.74) is 1.21. The third-order valence-corrected chi connectivity index (χ3v) is 4.49. The van der Waals surface area contributed by atoms with Crippen LogP contribution in [0, 0.1) is 0 Å². The second-order valence-electron chi connectivity index (χ2n) is 6.50. The number of aromatic amines is 2. The summed E-state index contributed by atoms with van der Waals surface area (Å²) in [4.78, 5) is 34.0. The molecule has 0 aliphatic carbocycles. The molecule has 0 saturated heterocycles. The Bertz CT molecular complexity index is 1200. The number of benzene rings is 1. The number of imidazole rings is 1. The first-order chi connectivity index (χ1) is 13.7. The molecule has 1 aromatic carbocycles. The lowest BCUT2D eigenvalue weighted by molar-refractivity contribution is 0.446. The van der Waals surface area contributed by atoms with E-state index in [-0.39, 0.29) is 17.7 Å². The fourth-order valence-corrected chi connectivity index (χ4v) is 3.09. The molecule has 9 heteroatoms. The molecule has 0 unspecified atom stereocenters. The molecule has 0 atom stereocenters. The Hall–Kier alpha value is -3.49. The largest absolute Gasteiger partial charge is 0.332 e. The maximum Gasteiger partial charge on any atom is 0.330 e. The average Bonchev–Trinajstić information content (AvgIpc) is 3.33. The number of hydrogen-bond acceptors (Lipinski definition) is 4. The van der Waals surface area contributed by atoms with E-state index in [4.69, 9.17) is 0 Å². The van der Waals surface area contributed by atoms with Gasteiger partial charge in [-0.05, 0) is 18.4 Å². The Balaban J connectivity index is 1.68. The third-order valence-electron chi connectivity index (χ3n) is 4.49. The quantitative estimate of drug-likeness (QED) is 0.478. The van der Waals surface area contributed by atoms with Crippen molar-refractivity contribution >= 4 is 11.2 Å². The van der Waals surface area contributed by atoms with E-state index in [1.54, 1.807) is 10.9 Å². The summed E-state index contributed by atoms with van der Waals surface area (Å²) in [6, 6.07) is 9.91. The molecule has 3 heterocycles. The Labute approximate surface area is 158 Å². The van der Waals surface area contributed by atoms with Gasteiger partial charge in [-0.3, -0.25) is 23.4 Å². The molecule has 0 amide bonds. The van der Waals surface area contributed by atoms with E-state index in [0.29, 0.717) is 30.8 Å². The molecular weight excluding hydrogens is 363 g/mol. The number of H-pyrrole nitrogens is 2. The summed E-state index contributed by atoms with van der Waals surface area (Å²) in [6.45, 7) is 0.441. The highest BCUT2D eigenvalue weighted by Crippen LogP contribution is 2.18. The number of unbranched alkanes of at least 4 members (excludes halogenated alkanes) is 1. The van der Waals surface area contributed by atoms with Crippen LogP contribution in [0.1, 0.15) is 18.4 Å². The van der Waals surface area contributed by atoms with Crippen LogP contribution in [0.3, 0.4) is 0 Å². The summed E-state index contributed by atoms with van der Waals surface area (Å²) in [6.07, 6.45) is 4.30. The van der Waals surface area contributed by atoms with E-state index in [2.05, 4.69) is 20.1 Å². The fraction of sp³-hybridized carbons (Fsp3) is 0.263. The Kier molecular flexibility index (Phi) is 4.88. The smallest absolute Gasteiger partial charge is 0.330 e. The van der Waals surface area contributed by atoms with E-state index in [0.717, 1.165) is 5.56 Å². The van der Waals surface area contributed by atoms with Crippen LogP contribution >= 0.6 is 0 Å². The van der Waals surface area contributed by atoms with Gasteiger partial charge in [-0.2, -0.15) is 5.10 Å². The molecule has 0 saturated carbocycles. The van der Waals surface area contributed by atoms with Crippen LogP contribution < -0.4 is 11.2 Å². The van der Waals surface area contributed by atoms with Crippen molar-refractivity contribution in [2.75, 3.05) is 6.67 Å². The van der Waals surface area contributed by atoms with Gasteiger partial charge in [-0.25, -0.2) is 9.78 Å². The van der Waals surface area contributed by atoms with Gasteiger partial charge in [-0.1, -0.05) is 30.3 Å². The van der Waals surface area contributed by atoms with Crippen LogP contribution in [0.2, 0.25) is 0 Å². The molecule has 8 nitrogen and oxygen atoms in total. The van der Waals surface area contributed by atoms with Crippen molar-refractivity contribution in [1.29, 1.82) is 0 Å². The van der Waals surface area contributed by atoms with Crippen LogP contribution in [-0.2, 0) is 13.1 Å². The van der Waals surface area contributed by atoms with Crippen molar-refractivity contribution < 1.29 is 4.39 Å². The molecule has 4 aromatic rings. The molecule has 28 heavy (non-hydrogen) atoms. The van der Waals surface area contributed by atoms with Crippen LogP contribution in [0.5, 0.6) is 0 Å². The first-order valence-corrected chi connectivity index (χ1v) is 9.01. The molecule has 0 bridgehead atoms. The lowest BCUT2D eigenvalue weighted by Gasteiger charge is -2.04. The lowest BCUT2D eigenvalue weighted by Crippen LogP contribution is -2.30. The van der Waals surface area contributed by atoms with Crippen LogP contribution in [0.25, 0.3) is 22.6 Å². The van der Waals surface area contributed by atoms with Crippen molar-refractivity contribution in [3.63, 3.8) is 0 Å². The van der Waals surface area contributed by atoms with Crippen molar-refractivity contribution in [2.45, 2.75) is 25.9 Å². The average molecular weight is 382 g/mol. The normalized spacial score (nSPS) is 11.3. The predicted octanol–water partition coefficient (Wildman–Crippen LogP) is 2.07. The minimum Gasteiger partial charge on any atom is -0.332 e. The van der Waals surface area contributed by atoms with Crippen LogP contribution in [0.15, 0.2) is 52.3 Å². The van der Waals surface area contributed by atoms with E-state index < -0.39 is 17.9 Å². The minimum atomic E-state index is -0.547. The molecule has 3 aromatic heterocycles. The predicted molar refractivity (Wildman–Crippen MR) is 103 cm³/mol. The number of nitrogens with one attached hydrogen (secondary N) is 2. The summed E-state index contributed by atoms with van der Waals surface area (Å²) >= 11 is 0. The number of aromatic nitrogens is 6. The number of hydrogen-bond donors (Lipinski definition) is 2. The summed E-state index contributed by atoms with van der Waals surface area (Å²) in [5.74, 6) is 0.449. The standard InChI is InChI=1S/C19H19FN6O2/c20-8-4-5-9-26-17-15(18(27)24-19(26)28)22-16(23-17)14-10-21-25(12-14)11-13-6-2-1-3-7-13/h1-3,6-7,10,12H,4-5,8-9,11H2,(H,22,23)(H,24,27,28). The molecule has 0 radical (unpaired) electrons. The van der Waals surface area contributed by atoms with Crippen LogP contribution in [0.4, 0.5) is 4.39 Å². The Morgan fingerprint density at radius 3 is 2.68 bits per heavy atom. The minimum absolute atomic E-state index is 0.214. The van der Waals surface area contributed by atoms with E-state index in [1.807, 2.05) is 36.5 Å². The Morgan fingerprint density at radius 2 is 1.89 bits per heavy atom. The van der Waals surface area contributed by atoms with Gasteiger partial charge in [0.1, 0.15) is 11.3 Å². The van der Waals surface area contributed by atoms with E-state index >= 15 is 0 Å². The molecule has 2 N–H and O–H groups in total. The number of aryl methyl sites for hydroxylation is 1. The molecule has 4 rings (SSSR count). The molecule has 0 spiro atoms. The monoisotopic (exact) mass is 382 g/mol. The highest BCUT2D eigenvalue weighted by atomic mass is 19.1. The number of nitrogens with zero attached hydrogens (tertiary/aromatic N) is 4. The van der Waals surface area contributed by atoms with Gasteiger partial charge < -0.3 is 4.98 Å². The molecular formula is C19H19FN6O2. The first-order valence-electron chi connectivity index (χ1n) is 9.01. The SMILES string of the molecule is O=c1[nH]c(=O)n(CCCCF)c2nc(-c3cnn(Cc4ccccc4)c3)[nH]c12. The van der Waals surface area contributed by atoms with Crippen LogP contribution in [-0.4, -0.2) is 36.0 Å². The van der Waals surface area contributed by atoms with E-state index in [1.165, 1.54) is 4.57 Å². The van der Waals surface area contributed by atoms with Gasteiger partial charge in [0.15, 0.2) is 5.65 Å². The maximum absolute atomic E-state index is 12.4. The first kappa shape index (κ1) is 17.9. The van der Waals surface area contributed by atoms with Gasteiger partial charge in [-0.15, -0.1) is 0 Å². The van der Waals surface area contributed by atoms with Gasteiger partial charge in [0.2, 0.25) is 0 Å². The second-order valence-corrected chi connectivity index (χ2v) is 6.50. The highest BCUT2D eigenvalue weighted by Gasteiger charge is 2.15. The number of fused-ring (bicyclic) bond motifs is 1. The van der Waals surface area contributed by atoms with Gasteiger partial charge >= 0.3 is 5.69 Å². The zero-order chi connectivity index (χ0) is 19.5. The maximum atomic E-state index is 12.4. The highest BCUT2D eigenvalue weighted by molar-refractivity contribution is 5.75. The number of halogens is 1. The zero-order valence-electron chi connectivity index (χ0n) is 15.1. The molecule has 0 aliphatic heterocycles. The van der Waals surface area contributed by atoms with E-state index in [9.17, 15) is 14.0 Å². The van der Waals surface area contributed by atoms with Crippen molar-refractivity contribution in [3.8, 4) is 11.4 Å². The number of rotatable bonds is 7. The molecule has 0 aliphatic rings. The van der Waals surface area contributed by atoms with Crippen molar-refractivity contribution in [1.82, 2.24) is 29.3 Å². The Morgan fingerprint density at radius 1 is 1.07 bits per heavy atom. The summed E-state index contributed by atoms with van der Waals surface area (Å²) in [7, 11) is 0. The van der Waals surface area contributed by atoms with Gasteiger partial charge in [0.05, 0.1) is 25.0 Å². The summed E-state index contributed by atoms with van der Waals surface area (Å²) < 4.78 is 15.5. The number of alkyl halides is 1. The molecule has 144 valence electrons. The van der Waals surface area contributed by atoms with Gasteiger partial charge in [0, 0.05) is 12.7 Å². The third kappa shape index (κ3) is 3.51.